The van der Waals surface area contributed by atoms with E-state index in [1.165, 1.54) is 89.9 Å². The number of hydrogen-bond donors (Lipinski definition) is 1. The minimum atomic E-state index is -3.87. The summed E-state index contributed by atoms with van der Waals surface area (Å²) in [6.45, 7) is 8.11. The highest BCUT2D eigenvalue weighted by Gasteiger charge is 2.19. The van der Waals surface area contributed by atoms with E-state index < -0.39 is 7.82 Å². The summed E-state index contributed by atoms with van der Waals surface area (Å²) in [5.41, 5.74) is 0. The van der Waals surface area contributed by atoms with Gasteiger partial charge in [-0.3, -0.25) is 9.05 Å². The Bertz CT molecular complexity index is 403. The first-order valence-corrected chi connectivity index (χ1v) is 14.5. The lowest BCUT2D eigenvalue weighted by molar-refractivity contribution is 0.145. The van der Waals surface area contributed by atoms with Crippen molar-refractivity contribution >= 4 is 7.82 Å². The minimum Gasteiger partial charge on any atom is -0.302 e. The molecule has 0 unspecified atom stereocenters. The van der Waals surface area contributed by atoms with E-state index in [9.17, 15) is 9.46 Å². The molecular formula is C26H51O4P. The molecule has 184 valence electrons. The predicted octanol–water partition coefficient (Wildman–Crippen LogP) is 9.29. The summed E-state index contributed by atoms with van der Waals surface area (Å²) in [5.74, 6) is 0. The van der Waals surface area contributed by atoms with Gasteiger partial charge in [-0.25, -0.2) is 4.57 Å². The van der Waals surface area contributed by atoms with Gasteiger partial charge in [0, 0.05) is 0 Å². The van der Waals surface area contributed by atoms with Crippen LogP contribution < -0.4 is 0 Å². The quantitative estimate of drug-likeness (QED) is 0.0797. The normalized spacial score (nSPS) is 11.6. The molecule has 4 nitrogen and oxygen atoms in total. The Morgan fingerprint density at radius 2 is 0.774 bits per heavy atom. The van der Waals surface area contributed by atoms with Gasteiger partial charge in [-0.2, -0.15) is 0 Å². The van der Waals surface area contributed by atoms with Crippen molar-refractivity contribution in [3.63, 3.8) is 0 Å². The predicted molar refractivity (Wildman–Crippen MR) is 134 cm³/mol. The van der Waals surface area contributed by atoms with Crippen molar-refractivity contribution in [2.75, 3.05) is 13.2 Å². The largest absolute Gasteiger partial charge is 0.472 e. The first-order valence-electron chi connectivity index (χ1n) is 13.0. The molecule has 0 amide bonds. The lowest BCUT2D eigenvalue weighted by Gasteiger charge is -2.12. The van der Waals surface area contributed by atoms with Gasteiger partial charge in [0.2, 0.25) is 0 Å². The Balaban J connectivity index is 3.32. The van der Waals surface area contributed by atoms with Crippen molar-refractivity contribution in [3.05, 3.63) is 25.3 Å². The Morgan fingerprint density at radius 1 is 0.516 bits per heavy atom. The number of allylic oxidation sites excluding steroid dienone is 2. The SMILES string of the molecule is C=CCCCCCCCCCCCOP(=O)(O)OCCCCCCCCCCCC=C. The maximum absolute atomic E-state index is 11.9. The molecule has 0 aliphatic rings. The Kier molecular flexibility index (Phi) is 23.9. The number of phosphoric acid groups is 1. The molecule has 0 bridgehead atoms. The van der Waals surface area contributed by atoms with Crippen LogP contribution in [0.25, 0.3) is 0 Å². The maximum atomic E-state index is 11.9. The molecule has 0 heterocycles. The Labute approximate surface area is 193 Å². The van der Waals surface area contributed by atoms with Crippen molar-refractivity contribution < 1.29 is 18.5 Å². The first kappa shape index (κ1) is 30.6. The molecule has 0 aromatic carbocycles. The van der Waals surface area contributed by atoms with Crippen LogP contribution in [0.1, 0.15) is 128 Å². The van der Waals surface area contributed by atoms with Gasteiger partial charge < -0.3 is 4.89 Å². The van der Waals surface area contributed by atoms with Crippen molar-refractivity contribution in [1.82, 2.24) is 0 Å². The van der Waals surface area contributed by atoms with Gasteiger partial charge in [0.05, 0.1) is 13.2 Å². The molecule has 1 N–H and O–H groups in total. The Hall–Kier alpha value is -0.410. The summed E-state index contributed by atoms with van der Waals surface area (Å²) in [7, 11) is -3.87. The molecule has 0 aromatic heterocycles. The van der Waals surface area contributed by atoms with E-state index in [1.54, 1.807) is 0 Å². The zero-order chi connectivity index (χ0) is 22.9. The van der Waals surface area contributed by atoms with Crippen LogP contribution in [0.2, 0.25) is 0 Å². The zero-order valence-corrected chi connectivity index (χ0v) is 21.1. The van der Waals surface area contributed by atoms with Crippen LogP contribution in [-0.4, -0.2) is 18.1 Å². The summed E-state index contributed by atoms with van der Waals surface area (Å²) >= 11 is 0. The fourth-order valence-electron chi connectivity index (χ4n) is 3.65. The third-order valence-corrected chi connectivity index (χ3v) is 6.63. The highest BCUT2D eigenvalue weighted by molar-refractivity contribution is 7.47. The second kappa shape index (κ2) is 24.2. The summed E-state index contributed by atoms with van der Waals surface area (Å²) in [5, 5.41) is 0. The second-order valence-corrected chi connectivity index (χ2v) is 10.1. The summed E-state index contributed by atoms with van der Waals surface area (Å²) in [4.78, 5) is 9.74. The molecule has 0 aliphatic carbocycles. The van der Waals surface area contributed by atoms with E-state index in [4.69, 9.17) is 9.05 Å². The number of rotatable bonds is 26. The topological polar surface area (TPSA) is 55.8 Å². The summed E-state index contributed by atoms with van der Waals surface area (Å²) in [6.07, 6.45) is 27.8. The van der Waals surface area contributed by atoms with Crippen LogP contribution in [0, 0.1) is 0 Å². The molecule has 0 saturated heterocycles. The molecule has 5 heteroatoms. The molecule has 0 spiro atoms. The fraction of sp³-hybridized carbons (Fsp3) is 0.846. The van der Waals surface area contributed by atoms with Crippen molar-refractivity contribution in [2.45, 2.75) is 128 Å². The van der Waals surface area contributed by atoms with Crippen LogP contribution in [0.5, 0.6) is 0 Å². The van der Waals surface area contributed by atoms with E-state index >= 15 is 0 Å². The van der Waals surface area contributed by atoms with Gasteiger partial charge >= 0.3 is 7.82 Å². The van der Waals surface area contributed by atoms with Gasteiger partial charge in [0.25, 0.3) is 0 Å². The molecule has 0 aromatic rings. The third-order valence-electron chi connectivity index (χ3n) is 5.61. The van der Waals surface area contributed by atoms with Crippen LogP contribution in [0.15, 0.2) is 25.3 Å². The average Bonchev–Trinajstić information content (AvgIpc) is 2.75. The van der Waals surface area contributed by atoms with E-state index in [0.717, 1.165) is 38.5 Å². The van der Waals surface area contributed by atoms with Crippen LogP contribution >= 0.6 is 7.82 Å². The Morgan fingerprint density at radius 3 is 1.06 bits per heavy atom. The molecule has 0 saturated carbocycles. The number of hydrogen-bond acceptors (Lipinski definition) is 3. The standard InChI is InChI=1S/C26H51O4P/c1-3-5-7-9-11-13-15-17-19-21-23-25-29-31(27,28)30-26-24-22-20-18-16-14-12-10-8-6-4-2/h3-4H,1-2,5-26H2,(H,27,28). The third kappa shape index (κ3) is 25.7. The fourth-order valence-corrected chi connectivity index (χ4v) is 4.45. The van der Waals surface area contributed by atoms with Crippen LogP contribution in [0.4, 0.5) is 0 Å². The van der Waals surface area contributed by atoms with Gasteiger partial charge in [-0.1, -0.05) is 102 Å². The van der Waals surface area contributed by atoms with Crippen molar-refractivity contribution in [2.24, 2.45) is 0 Å². The monoisotopic (exact) mass is 458 g/mol. The van der Waals surface area contributed by atoms with Gasteiger partial charge in [0.1, 0.15) is 0 Å². The smallest absolute Gasteiger partial charge is 0.302 e. The summed E-state index contributed by atoms with van der Waals surface area (Å²) < 4.78 is 22.1. The van der Waals surface area contributed by atoms with Crippen molar-refractivity contribution in [1.29, 1.82) is 0 Å². The molecule has 0 fully saturated rings. The summed E-state index contributed by atoms with van der Waals surface area (Å²) in [6, 6.07) is 0. The van der Waals surface area contributed by atoms with E-state index in [-0.39, 0.29) is 0 Å². The number of phosphoric ester groups is 1. The van der Waals surface area contributed by atoms with E-state index in [2.05, 4.69) is 13.2 Å². The van der Waals surface area contributed by atoms with Gasteiger partial charge in [0.15, 0.2) is 0 Å². The average molecular weight is 459 g/mol. The molecule has 0 atom stereocenters. The van der Waals surface area contributed by atoms with Gasteiger partial charge in [-0.15, -0.1) is 13.2 Å². The second-order valence-electron chi connectivity index (χ2n) is 8.65. The highest BCUT2D eigenvalue weighted by atomic mass is 31.2. The minimum absolute atomic E-state index is 0.308. The number of unbranched alkanes of at least 4 members (excludes halogenated alkanes) is 18. The van der Waals surface area contributed by atoms with E-state index in [0.29, 0.717) is 13.2 Å². The molecule has 0 aliphatic heterocycles. The first-order chi connectivity index (χ1) is 15.1. The van der Waals surface area contributed by atoms with Crippen LogP contribution in [0.3, 0.4) is 0 Å². The highest BCUT2D eigenvalue weighted by Crippen LogP contribution is 2.43. The molecule has 0 radical (unpaired) electrons. The molecular weight excluding hydrogens is 407 g/mol. The van der Waals surface area contributed by atoms with Crippen molar-refractivity contribution in [3.8, 4) is 0 Å². The van der Waals surface area contributed by atoms with Crippen LogP contribution in [-0.2, 0) is 13.6 Å². The van der Waals surface area contributed by atoms with E-state index in [1.807, 2.05) is 12.2 Å². The zero-order valence-electron chi connectivity index (χ0n) is 20.2. The molecule has 0 rings (SSSR count). The lowest BCUT2D eigenvalue weighted by atomic mass is 10.1. The van der Waals surface area contributed by atoms with Gasteiger partial charge in [-0.05, 0) is 38.5 Å². The maximum Gasteiger partial charge on any atom is 0.472 e. The molecule has 31 heavy (non-hydrogen) atoms. The lowest BCUT2D eigenvalue weighted by Crippen LogP contribution is -1.99.